The van der Waals surface area contributed by atoms with E-state index in [1.54, 1.807) is 18.3 Å². The standard InChI is InChI=1S/C16H16N2O3/c1-12-5-2-6-13(11-12)20-10-4-9-18-15-14(21-16(18)19)7-3-8-17-15/h2-3,5-8,11H,4,9-10H2,1H3. The average Bonchev–Trinajstić information content (AvgIpc) is 2.79. The first-order valence-corrected chi connectivity index (χ1v) is 6.88. The van der Waals surface area contributed by atoms with E-state index >= 15 is 0 Å². The Kier molecular flexibility index (Phi) is 3.73. The molecule has 0 saturated carbocycles. The third-order valence-electron chi connectivity index (χ3n) is 3.21. The van der Waals surface area contributed by atoms with Gasteiger partial charge in [-0.05, 0) is 43.2 Å². The first kappa shape index (κ1) is 13.4. The normalized spacial score (nSPS) is 10.9. The van der Waals surface area contributed by atoms with Gasteiger partial charge in [-0.3, -0.25) is 4.57 Å². The molecule has 0 bridgehead atoms. The maximum atomic E-state index is 11.8. The molecule has 3 aromatic rings. The Morgan fingerprint density at radius 1 is 1.29 bits per heavy atom. The molecule has 0 radical (unpaired) electrons. The second-order valence-electron chi connectivity index (χ2n) is 4.86. The van der Waals surface area contributed by atoms with Crippen LogP contribution in [-0.2, 0) is 6.54 Å². The molecule has 0 fully saturated rings. The van der Waals surface area contributed by atoms with Gasteiger partial charge in [0.25, 0.3) is 0 Å². The van der Waals surface area contributed by atoms with E-state index in [0.717, 1.165) is 11.3 Å². The summed E-state index contributed by atoms with van der Waals surface area (Å²) in [6.45, 7) is 3.08. The first-order chi connectivity index (χ1) is 10.2. The summed E-state index contributed by atoms with van der Waals surface area (Å²) >= 11 is 0. The second kappa shape index (κ2) is 5.83. The minimum absolute atomic E-state index is 0.376. The van der Waals surface area contributed by atoms with Crippen molar-refractivity contribution in [2.24, 2.45) is 0 Å². The molecule has 3 rings (SSSR count). The molecule has 0 aliphatic heterocycles. The Balaban J connectivity index is 1.62. The van der Waals surface area contributed by atoms with E-state index in [9.17, 15) is 4.79 Å². The van der Waals surface area contributed by atoms with Crippen LogP contribution in [0.1, 0.15) is 12.0 Å². The zero-order valence-electron chi connectivity index (χ0n) is 11.8. The lowest BCUT2D eigenvalue weighted by Gasteiger charge is -2.06. The van der Waals surface area contributed by atoms with Gasteiger partial charge in [0, 0.05) is 12.7 Å². The summed E-state index contributed by atoms with van der Waals surface area (Å²) in [6.07, 6.45) is 2.36. The zero-order valence-corrected chi connectivity index (χ0v) is 11.8. The second-order valence-corrected chi connectivity index (χ2v) is 4.86. The summed E-state index contributed by atoms with van der Waals surface area (Å²) in [5.41, 5.74) is 2.26. The van der Waals surface area contributed by atoms with E-state index in [2.05, 4.69) is 4.98 Å². The lowest BCUT2D eigenvalue weighted by atomic mass is 10.2. The van der Waals surface area contributed by atoms with E-state index in [4.69, 9.17) is 9.15 Å². The predicted molar refractivity (Wildman–Crippen MR) is 79.6 cm³/mol. The highest BCUT2D eigenvalue weighted by Gasteiger charge is 2.09. The molecule has 0 spiro atoms. The van der Waals surface area contributed by atoms with Crippen LogP contribution >= 0.6 is 0 Å². The van der Waals surface area contributed by atoms with Crippen molar-refractivity contribution in [3.05, 3.63) is 58.7 Å². The molecule has 0 aliphatic rings. The number of fused-ring (bicyclic) bond motifs is 1. The van der Waals surface area contributed by atoms with E-state index in [0.29, 0.717) is 30.8 Å². The Morgan fingerprint density at radius 2 is 2.19 bits per heavy atom. The number of oxazole rings is 1. The topological polar surface area (TPSA) is 57.3 Å². The number of ether oxygens (including phenoxy) is 1. The summed E-state index contributed by atoms with van der Waals surface area (Å²) in [5, 5.41) is 0. The van der Waals surface area contributed by atoms with E-state index in [1.165, 1.54) is 4.57 Å². The van der Waals surface area contributed by atoms with Crippen LogP contribution in [0.25, 0.3) is 11.2 Å². The molecule has 5 nitrogen and oxygen atoms in total. The fourth-order valence-corrected chi connectivity index (χ4v) is 2.22. The van der Waals surface area contributed by atoms with Gasteiger partial charge in [0.05, 0.1) is 6.61 Å². The summed E-state index contributed by atoms with van der Waals surface area (Å²) < 4.78 is 12.3. The summed E-state index contributed by atoms with van der Waals surface area (Å²) in [4.78, 5) is 15.9. The summed E-state index contributed by atoms with van der Waals surface area (Å²) in [5.74, 6) is 0.469. The van der Waals surface area contributed by atoms with Gasteiger partial charge in [-0.2, -0.15) is 0 Å². The van der Waals surface area contributed by atoms with Crippen LogP contribution in [0, 0.1) is 6.92 Å². The van der Waals surface area contributed by atoms with Crippen LogP contribution in [0.15, 0.2) is 51.8 Å². The fourth-order valence-electron chi connectivity index (χ4n) is 2.22. The maximum Gasteiger partial charge on any atom is 0.421 e. The molecule has 0 unspecified atom stereocenters. The molecule has 0 saturated heterocycles. The molecule has 0 N–H and O–H groups in total. The number of benzene rings is 1. The van der Waals surface area contributed by atoms with E-state index < -0.39 is 0 Å². The molecule has 21 heavy (non-hydrogen) atoms. The van der Waals surface area contributed by atoms with Crippen molar-refractivity contribution in [2.75, 3.05) is 6.61 Å². The van der Waals surface area contributed by atoms with Gasteiger partial charge in [-0.15, -0.1) is 0 Å². The molecule has 0 amide bonds. The van der Waals surface area contributed by atoms with Crippen molar-refractivity contribution in [3.63, 3.8) is 0 Å². The van der Waals surface area contributed by atoms with Crippen molar-refractivity contribution in [1.29, 1.82) is 0 Å². The van der Waals surface area contributed by atoms with Crippen LogP contribution in [0.2, 0.25) is 0 Å². The van der Waals surface area contributed by atoms with Crippen LogP contribution in [0.3, 0.4) is 0 Å². The highest BCUT2D eigenvalue weighted by Crippen LogP contribution is 2.13. The molecule has 0 atom stereocenters. The number of rotatable bonds is 5. The Hall–Kier alpha value is -2.56. The van der Waals surface area contributed by atoms with Gasteiger partial charge in [-0.1, -0.05) is 12.1 Å². The zero-order chi connectivity index (χ0) is 14.7. The molecule has 108 valence electrons. The Bertz CT molecular complexity index is 804. The minimum atomic E-state index is -0.376. The molecule has 2 aromatic heterocycles. The van der Waals surface area contributed by atoms with Gasteiger partial charge in [-0.25, -0.2) is 9.78 Å². The first-order valence-electron chi connectivity index (χ1n) is 6.88. The smallest absolute Gasteiger partial charge is 0.421 e. The van der Waals surface area contributed by atoms with Crippen molar-refractivity contribution < 1.29 is 9.15 Å². The van der Waals surface area contributed by atoms with Crippen LogP contribution < -0.4 is 10.5 Å². The Morgan fingerprint density at radius 3 is 3.05 bits per heavy atom. The fraction of sp³-hybridized carbons (Fsp3) is 0.250. The van der Waals surface area contributed by atoms with Gasteiger partial charge >= 0.3 is 5.76 Å². The third kappa shape index (κ3) is 2.97. The number of hydrogen-bond acceptors (Lipinski definition) is 4. The van der Waals surface area contributed by atoms with E-state index in [1.807, 2.05) is 31.2 Å². The van der Waals surface area contributed by atoms with E-state index in [-0.39, 0.29) is 5.76 Å². The lowest BCUT2D eigenvalue weighted by molar-refractivity contribution is 0.299. The number of nitrogens with zero attached hydrogens (tertiary/aromatic N) is 2. The van der Waals surface area contributed by atoms with Gasteiger partial charge < -0.3 is 9.15 Å². The van der Waals surface area contributed by atoms with Gasteiger partial charge in [0.1, 0.15) is 5.75 Å². The SMILES string of the molecule is Cc1cccc(OCCCn2c(=O)oc3cccnc32)c1. The minimum Gasteiger partial charge on any atom is -0.494 e. The van der Waals surface area contributed by atoms with Crippen molar-refractivity contribution >= 4 is 11.2 Å². The van der Waals surface area contributed by atoms with Gasteiger partial charge in [0.2, 0.25) is 0 Å². The monoisotopic (exact) mass is 284 g/mol. The van der Waals surface area contributed by atoms with Crippen LogP contribution in [-0.4, -0.2) is 16.2 Å². The number of aromatic nitrogens is 2. The molecular weight excluding hydrogens is 268 g/mol. The molecule has 0 aliphatic carbocycles. The van der Waals surface area contributed by atoms with Crippen LogP contribution in [0.4, 0.5) is 0 Å². The highest BCUT2D eigenvalue weighted by molar-refractivity contribution is 5.67. The highest BCUT2D eigenvalue weighted by atomic mass is 16.5. The Labute approximate surface area is 121 Å². The lowest BCUT2D eigenvalue weighted by Crippen LogP contribution is -2.16. The number of pyridine rings is 1. The molecule has 1 aromatic carbocycles. The van der Waals surface area contributed by atoms with Crippen molar-refractivity contribution in [1.82, 2.24) is 9.55 Å². The third-order valence-corrected chi connectivity index (χ3v) is 3.21. The van der Waals surface area contributed by atoms with Crippen LogP contribution in [0.5, 0.6) is 5.75 Å². The average molecular weight is 284 g/mol. The quantitative estimate of drug-likeness (QED) is 0.676. The van der Waals surface area contributed by atoms with Crippen molar-refractivity contribution in [2.45, 2.75) is 19.9 Å². The summed E-state index contributed by atoms with van der Waals surface area (Å²) in [6, 6.07) is 11.4. The van der Waals surface area contributed by atoms with Crippen molar-refractivity contribution in [3.8, 4) is 5.75 Å². The largest absolute Gasteiger partial charge is 0.494 e. The number of hydrogen-bond donors (Lipinski definition) is 0. The van der Waals surface area contributed by atoms with Gasteiger partial charge in [0.15, 0.2) is 11.2 Å². The number of aryl methyl sites for hydroxylation is 2. The maximum absolute atomic E-state index is 11.8. The molecule has 2 heterocycles. The summed E-state index contributed by atoms with van der Waals surface area (Å²) in [7, 11) is 0. The molecular formula is C16H16N2O3. The predicted octanol–water partition coefficient (Wildman–Crippen LogP) is 2.77. The molecule has 5 heteroatoms.